The van der Waals surface area contributed by atoms with Gasteiger partial charge in [-0.25, -0.2) is 4.39 Å². The van der Waals surface area contributed by atoms with Gasteiger partial charge in [0.1, 0.15) is 17.3 Å². The predicted molar refractivity (Wildman–Crippen MR) is 71.0 cm³/mol. The molecule has 0 amide bonds. The molecule has 18 heavy (non-hydrogen) atoms. The molecular formula is C13H12BrFN2O. The minimum atomic E-state index is -0.362. The summed E-state index contributed by atoms with van der Waals surface area (Å²) in [6.45, 7) is 1.85. The highest BCUT2D eigenvalue weighted by Crippen LogP contribution is 2.25. The van der Waals surface area contributed by atoms with Crippen LogP contribution in [0.15, 0.2) is 41.0 Å². The molecule has 3 nitrogen and oxygen atoms in total. The second-order valence-electron chi connectivity index (χ2n) is 3.91. The molecule has 0 aliphatic rings. The molecule has 1 aromatic carbocycles. The molecule has 2 N–H and O–H groups in total. The van der Waals surface area contributed by atoms with Gasteiger partial charge in [0.2, 0.25) is 0 Å². The van der Waals surface area contributed by atoms with Gasteiger partial charge in [0, 0.05) is 16.6 Å². The van der Waals surface area contributed by atoms with E-state index in [1.807, 2.05) is 6.92 Å². The zero-order valence-electron chi connectivity index (χ0n) is 9.73. The number of halogens is 2. The van der Waals surface area contributed by atoms with Crippen molar-refractivity contribution in [1.82, 2.24) is 4.98 Å². The first-order valence-electron chi connectivity index (χ1n) is 5.40. The smallest absolute Gasteiger partial charge is 0.145 e. The summed E-state index contributed by atoms with van der Waals surface area (Å²) >= 11 is 3.20. The van der Waals surface area contributed by atoms with Crippen molar-refractivity contribution < 1.29 is 9.13 Å². The van der Waals surface area contributed by atoms with Crippen LogP contribution in [0.5, 0.6) is 11.5 Å². The average Bonchev–Trinajstić information content (AvgIpc) is 2.28. The van der Waals surface area contributed by atoms with Crippen molar-refractivity contribution in [3.8, 4) is 11.5 Å². The molecule has 1 aromatic heterocycles. The quantitative estimate of drug-likeness (QED) is 0.938. The normalized spacial score (nSPS) is 12.2. The molecule has 1 heterocycles. The summed E-state index contributed by atoms with van der Waals surface area (Å²) in [5.41, 5.74) is 6.48. The third-order valence-electron chi connectivity index (χ3n) is 2.30. The summed E-state index contributed by atoms with van der Waals surface area (Å²) in [5, 5.41) is 0. The lowest BCUT2D eigenvalue weighted by Gasteiger charge is -2.08. The van der Waals surface area contributed by atoms with E-state index in [2.05, 4.69) is 20.9 Å². The first-order chi connectivity index (χ1) is 8.54. The van der Waals surface area contributed by atoms with E-state index in [4.69, 9.17) is 10.5 Å². The van der Waals surface area contributed by atoms with Gasteiger partial charge in [0.15, 0.2) is 0 Å². The van der Waals surface area contributed by atoms with Gasteiger partial charge >= 0.3 is 0 Å². The van der Waals surface area contributed by atoms with Crippen LogP contribution in [-0.2, 0) is 0 Å². The molecule has 5 heteroatoms. The van der Waals surface area contributed by atoms with Crippen molar-refractivity contribution in [3.05, 3.63) is 52.5 Å². The van der Waals surface area contributed by atoms with Gasteiger partial charge < -0.3 is 10.5 Å². The van der Waals surface area contributed by atoms with E-state index in [1.54, 1.807) is 24.4 Å². The van der Waals surface area contributed by atoms with Gasteiger partial charge in [-0.3, -0.25) is 4.98 Å². The molecular weight excluding hydrogens is 299 g/mol. The Morgan fingerprint density at radius 1 is 1.28 bits per heavy atom. The van der Waals surface area contributed by atoms with Crippen molar-refractivity contribution >= 4 is 15.9 Å². The minimum Gasteiger partial charge on any atom is -0.456 e. The van der Waals surface area contributed by atoms with Crippen molar-refractivity contribution in [2.75, 3.05) is 0 Å². The molecule has 0 spiro atoms. The summed E-state index contributed by atoms with van der Waals surface area (Å²) in [5.74, 6) is 0.591. The number of rotatable bonds is 3. The maximum atomic E-state index is 13.2. The van der Waals surface area contributed by atoms with Crippen molar-refractivity contribution in [2.24, 2.45) is 5.73 Å². The van der Waals surface area contributed by atoms with Crippen molar-refractivity contribution in [3.63, 3.8) is 0 Å². The molecule has 0 aliphatic carbocycles. The van der Waals surface area contributed by atoms with Crippen molar-refractivity contribution in [2.45, 2.75) is 13.0 Å². The van der Waals surface area contributed by atoms with Crippen LogP contribution >= 0.6 is 15.9 Å². The molecule has 0 saturated heterocycles. The highest BCUT2D eigenvalue weighted by atomic mass is 79.9. The number of ether oxygens (including phenoxy) is 1. The monoisotopic (exact) mass is 310 g/mol. The Hall–Kier alpha value is -1.46. The second kappa shape index (κ2) is 5.46. The van der Waals surface area contributed by atoms with E-state index in [9.17, 15) is 4.39 Å². The van der Waals surface area contributed by atoms with E-state index in [-0.39, 0.29) is 11.9 Å². The van der Waals surface area contributed by atoms with Gasteiger partial charge in [-0.2, -0.15) is 0 Å². The van der Waals surface area contributed by atoms with E-state index in [0.29, 0.717) is 16.0 Å². The summed E-state index contributed by atoms with van der Waals surface area (Å²) in [6, 6.07) is 7.78. The Labute approximate surface area is 113 Å². The molecule has 1 atom stereocenters. The first kappa shape index (κ1) is 13.0. The van der Waals surface area contributed by atoms with Gasteiger partial charge in [0.25, 0.3) is 0 Å². The Balaban J connectivity index is 2.18. The summed E-state index contributed by atoms with van der Waals surface area (Å²) < 4.78 is 19.3. The highest BCUT2D eigenvalue weighted by molar-refractivity contribution is 9.10. The molecule has 2 rings (SSSR count). The third kappa shape index (κ3) is 3.27. The van der Waals surface area contributed by atoms with Crippen LogP contribution in [0.1, 0.15) is 18.7 Å². The first-order valence-corrected chi connectivity index (χ1v) is 6.19. The number of nitrogens with zero attached hydrogens (tertiary/aromatic N) is 1. The maximum absolute atomic E-state index is 13.2. The fraction of sp³-hybridized carbons (Fsp3) is 0.154. The van der Waals surface area contributed by atoms with Crippen LogP contribution in [0.2, 0.25) is 0 Å². The van der Waals surface area contributed by atoms with Crippen LogP contribution in [0.3, 0.4) is 0 Å². The van der Waals surface area contributed by atoms with Crippen molar-refractivity contribution in [1.29, 1.82) is 0 Å². The number of hydrogen-bond acceptors (Lipinski definition) is 3. The van der Waals surface area contributed by atoms with E-state index in [0.717, 1.165) is 5.69 Å². The lowest BCUT2D eigenvalue weighted by Crippen LogP contribution is -2.06. The standard InChI is InChI=1S/C13H12BrFN2O/c1-8(16)13-3-2-11(7-17-13)18-12-5-9(14)4-10(15)6-12/h2-8H,16H2,1H3. The number of pyridine rings is 1. The average molecular weight is 311 g/mol. The molecule has 94 valence electrons. The second-order valence-corrected chi connectivity index (χ2v) is 4.83. The fourth-order valence-corrected chi connectivity index (χ4v) is 1.89. The van der Waals surface area contributed by atoms with Crippen LogP contribution in [0.25, 0.3) is 0 Å². The third-order valence-corrected chi connectivity index (χ3v) is 2.76. The van der Waals surface area contributed by atoms with E-state index >= 15 is 0 Å². The predicted octanol–water partition coefficient (Wildman–Crippen LogP) is 3.80. The lowest BCUT2D eigenvalue weighted by atomic mass is 10.2. The van der Waals surface area contributed by atoms with Crippen LogP contribution in [0, 0.1) is 5.82 Å². The molecule has 0 fully saturated rings. The Morgan fingerprint density at radius 2 is 2.06 bits per heavy atom. The number of aromatic nitrogens is 1. The Kier molecular flexibility index (Phi) is 3.93. The van der Waals surface area contributed by atoms with E-state index < -0.39 is 0 Å². The minimum absolute atomic E-state index is 0.123. The summed E-state index contributed by atoms with van der Waals surface area (Å²) in [7, 11) is 0. The highest BCUT2D eigenvalue weighted by Gasteiger charge is 2.04. The number of benzene rings is 1. The summed E-state index contributed by atoms with van der Waals surface area (Å²) in [6.07, 6.45) is 1.57. The summed E-state index contributed by atoms with van der Waals surface area (Å²) in [4.78, 5) is 4.16. The van der Waals surface area contributed by atoms with Gasteiger partial charge in [-0.05, 0) is 31.2 Å². The number of hydrogen-bond donors (Lipinski definition) is 1. The lowest BCUT2D eigenvalue weighted by molar-refractivity contribution is 0.473. The van der Waals surface area contributed by atoms with E-state index in [1.165, 1.54) is 12.1 Å². The largest absolute Gasteiger partial charge is 0.456 e. The van der Waals surface area contributed by atoms with Crippen LogP contribution < -0.4 is 10.5 Å². The maximum Gasteiger partial charge on any atom is 0.145 e. The van der Waals surface area contributed by atoms with Gasteiger partial charge in [0.05, 0.1) is 11.9 Å². The van der Waals surface area contributed by atoms with Gasteiger partial charge in [-0.1, -0.05) is 15.9 Å². The molecule has 0 saturated carbocycles. The molecule has 0 aliphatic heterocycles. The Morgan fingerprint density at radius 3 is 2.61 bits per heavy atom. The molecule has 2 aromatic rings. The zero-order valence-corrected chi connectivity index (χ0v) is 11.3. The topological polar surface area (TPSA) is 48.1 Å². The van der Waals surface area contributed by atoms with Gasteiger partial charge in [-0.15, -0.1) is 0 Å². The SMILES string of the molecule is CC(N)c1ccc(Oc2cc(F)cc(Br)c2)cn1. The zero-order chi connectivity index (χ0) is 13.1. The molecule has 1 unspecified atom stereocenters. The number of nitrogens with two attached hydrogens (primary N) is 1. The molecule has 0 bridgehead atoms. The van der Waals surface area contributed by atoms with Crippen LogP contribution in [0.4, 0.5) is 4.39 Å². The molecule has 0 radical (unpaired) electrons. The fourth-order valence-electron chi connectivity index (χ4n) is 1.44. The van der Waals surface area contributed by atoms with Crippen LogP contribution in [-0.4, -0.2) is 4.98 Å². The Bertz CT molecular complexity index is 523.